The van der Waals surface area contributed by atoms with Crippen molar-refractivity contribution in [3.05, 3.63) is 71.0 Å². The van der Waals surface area contributed by atoms with Gasteiger partial charge in [0.25, 0.3) is 0 Å². The lowest BCUT2D eigenvalue weighted by molar-refractivity contribution is 0.472. The summed E-state index contributed by atoms with van der Waals surface area (Å²) in [5.41, 5.74) is 9.09. The molecule has 0 aliphatic carbocycles. The number of hydrogen-bond donors (Lipinski definition) is 3. The number of benzene rings is 2. The highest BCUT2D eigenvalue weighted by Gasteiger charge is 2.21. The fourth-order valence-corrected chi connectivity index (χ4v) is 2.32. The Balaban J connectivity index is 1.96. The smallest absolute Gasteiger partial charge is 0.128 e. The van der Waals surface area contributed by atoms with Crippen molar-refractivity contribution in [3.63, 3.8) is 0 Å². The molecule has 3 nitrogen and oxygen atoms in total. The molecule has 20 heavy (non-hydrogen) atoms. The molecule has 1 aliphatic rings. The summed E-state index contributed by atoms with van der Waals surface area (Å²) < 4.78 is 13.8. The lowest BCUT2D eigenvalue weighted by atomic mass is 10.0. The van der Waals surface area contributed by atoms with Crippen molar-refractivity contribution in [1.29, 1.82) is 0 Å². The van der Waals surface area contributed by atoms with Crippen molar-refractivity contribution in [2.75, 3.05) is 0 Å². The summed E-state index contributed by atoms with van der Waals surface area (Å²) in [6.45, 7) is 1.96. The molecule has 0 aromatic heterocycles. The Morgan fingerprint density at radius 3 is 2.75 bits per heavy atom. The fourth-order valence-electron chi connectivity index (χ4n) is 2.32. The third-order valence-corrected chi connectivity index (χ3v) is 3.38. The molecule has 0 spiro atoms. The minimum atomic E-state index is -0.258. The maximum Gasteiger partial charge on any atom is 0.128 e. The number of aromatic hydroxyl groups is 1. The van der Waals surface area contributed by atoms with Gasteiger partial charge in [0.1, 0.15) is 11.6 Å². The maximum atomic E-state index is 13.8. The highest BCUT2D eigenvalue weighted by molar-refractivity contribution is 5.71. The Hall–Kier alpha value is -2.33. The Morgan fingerprint density at radius 1 is 1.15 bits per heavy atom. The van der Waals surface area contributed by atoms with Crippen LogP contribution in [0.1, 0.15) is 22.7 Å². The number of nitrogens with one attached hydrogen (secondary N) is 2. The molecule has 2 aromatic rings. The molecule has 1 unspecified atom stereocenters. The van der Waals surface area contributed by atoms with E-state index in [2.05, 4.69) is 10.9 Å². The molecule has 2 aromatic carbocycles. The Labute approximate surface area is 116 Å². The third-order valence-electron chi connectivity index (χ3n) is 3.38. The molecule has 0 bridgehead atoms. The predicted octanol–water partition coefficient (Wildman–Crippen LogP) is 3.03. The monoisotopic (exact) mass is 270 g/mol. The van der Waals surface area contributed by atoms with Gasteiger partial charge in [-0.15, -0.1) is 0 Å². The number of phenols is 1. The van der Waals surface area contributed by atoms with E-state index in [9.17, 15) is 9.50 Å². The van der Waals surface area contributed by atoms with Gasteiger partial charge >= 0.3 is 0 Å². The first-order valence-electron chi connectivity index (χ1n) is 6.43. The quantitative estimate of drug-likeness (QED) is 0.786. The Morgan fingerprint density at radius 2 is 1.95 bits per heavy atom. The summed E-state index contributed by atoms with van der Waals surface area (Å²) in [5.74, 6) is -0.0527. The molecule has 0 amide bonds. The zero-order valence-electron chi connectivity index (χ0n) is 11.0. The van der Waals surface area contributed by atoms with Crippen LogP contribution in [-0.4, -0.2) is 5.11 Å². The van der Waals surface area contributed by atoms with E-state index < -0.39 is 0 Å². The van der Waals surface area contributed by atoms with E-state index in [-0.39, 0.29) is 17.6 Å². The number of halogens is 1. The van der Waals surface area contributed by atoms with Gasteiger partial charge in [0.2, 0.25) is 0 Å². The molecule has 1 aliphatic heterocycles. The van der Waals surface area contributed by atoms with Crippen molar-refractivity contribution in [2.24, 2.45) is 0 Å². The van der Waals surface area contributed by atoms with Gasteiger partial charge < -0.3 is 10.5 Å². The topological polar surface area (TPSA) is 44.3 Å². The van der Waals surface area contributed by atoms with Gasteiger partial charge in [0.15, 0.2) is 0 Å². The zero-order valence-corrected chi connectivity index (χ0v) is 11.0. The van der Waals surface area contributed by atoms with Gasteiger partial charge in [0.05, 0.1) is 11.7 Å². The average molecular weight is 270 g/mol. The standard InChI is InChI=1S/C16H15FN2O/c1-10-6-7-16(20)12(8-10)15-9-14(18-19-15)11-4-2-3-5-13(11)17/h2-9,14,18-20H,1H3. The molecule has 102 valence electrons. The Bertz CT molecular complexity index is 682. The molecule has 4 heteroatoms. The highest BCUT2D eigenvalue weighted by atomic mass is 19.1. The van der Waals surface area contributed by atoms with E-state index in [1.54, 1.807) is 24.3 Å². The van der Waals surface area contributed by atoms with Gasteiger partial charge in [-0.2, -0.15) is 0 Å². The molecule has 0 radical (unpaired) electrons. The van der Waals surface area contributed by atoms with Crippen LogP contribution in [0.15, 0.2) is 48.5 Å². The first-order chi connectivity index (χ1) is 9.65. The summed E-state index contributed by atoms with van der Waals surface area (Å²) in [4.78, 5) is 0. The van der Waals surface area contributed by atoms with E-state index >= 15 is 0 Å². The van der Waals surface area contributed by atoms with Crippen LogP contribution in [0.5, 0.6) is 5.75 Å². The van der Waals surface area contributed by atoms with E-state index in [0.29, 0.717) is 11.1 Å². The lowest BCUT2D eigenvalue weighted by Crippen LogP contribution is -2.26. The van der Waals surface area contributed by atoms with Gasteiger partial charge in [-0.05, 0) is 31.2 Å². The van der Waals surface area contributed by atoms with Crippen molar-refractivity contribution in [1.82, 2.24) is 10.9 Å². The van der Waals surface area contributed by atoms with E-state index in [1.807, 2.05) is 25.1 Å². The van der Waals surface area contributed by atoms with Crippen molar-refractivity contribution < 1.29 is 9.50 Å². The van der Waals surface area contributed by atoms with Crippen molar-refractivity contribution >= 4 is 5.70 Å². The molecular formula is C16H15FN2O. The van der Waals surface area contributed by atoms with E-state index in [0.717, 1.165) is 11.3 Å². The molecule has 1 atom stereocenters. The van der Waals surface area contributed by atoms with Gasteiger partial charge in [-0.3, -0.25) is 0 Å². The average Bonchev–Trinajstić information content (AvgIpc) is 2.91. The Kier molecular flexibility index (Phi) is 3.16. The van der Waals surface area contributed by atoms with Crippen LogP contribution < -0.4 is 10.9 Å². The van der Waals surface area contributed by atoms with Crippen LogP contribution in [0.4, 0.5) is 4.39 Å². The number of phenolic OH excluding ortho intramolecular Hbond substituents is 1. The lowest BCUT2D eigenvalue weighted by Gasteiger charge is -2.10. The van der Waals surface area contributed by atoms with E-state index in [4.69, 9.17) is 0 Å². The molecular weight excluding hydrogens is 255 g/mol. The maximum absolute atomic E-state index is 13.8. The number of hydrazine groups is 1. The first kappa shape index (κ1) is 12.7. The second-order valence-electron chi connectivity index (χ2n) is 4.87. The fraction of sp³-hybridized carbons (Fsp3) is 0.125. The first-order valence-corrected chi connectivity index (χ1v) is 6.43. The third kappa shape index (κ3) is 2.26. The molecule has 3 N–H and O–H groups in total. The number of aryl methyl sites for hydroxylation is 1. The second kappa shape index (κ2) is 4.98. The minimum Gasteiger partial charge on any atom is -0.507 e. The van der Waals surface area contributed by atoms with Gasteiger partial charge in [-0.1, -0.05) is 29.8 Å². The highest BCUT2D eigenvalue weighted by Crippen LogP contribution is 2.30. The van der Waals surface area contributed by atoms with Crippen LogP contribution in [0.2, 0.25) is 0 Å². The minimum absolute atomic E-state index is 0.199. The summed E-state index contributed by atoms with van der Waals surface area (Å²) in [7, 11) is 0. The molecule has 3 rings (SSSR count). The van der Waals surface area contributed by atoms with Crippen LogP contribution >= 0.6 is 0 Å². The molecule has 0 saturated carbocycles. The molecule has 0 fully saturated rings. The molecule has 1 heterocycles. The van der Waals surface area contributed by atoms with Crippen LogP contribution in [-0.2, 0) is 0 Å². The summed E-state index contributed by atoms with van der Waals surface area (Å²) >= 11 is 0. The summed E-state index contributed by atoms with van der Waals surface area (Å²) in [6.07, 6.45) is 1.87. The SMILES string of the molecule is Cc1ccc(O)c(C2=CC(c3ccccc3F)NN2)c1. The summed E-state index contributed by atoms with van der Waals surface area (Å²) in [5, 5.41) is 9.92. The van der Waals surface area contributed by atoms with Crippen LogP contribution in [0.25, 0.3) is 5.70 Å². The van der Waals surface area contributed by atoms with Gasteiger partial charge in [0, 0.05) is 11.1 Å². The number of rotatable bonds is 2. The predicted molar refractivity (Wildman–Crippen MR) is 76.2 cm³/mol. The van der Waals surface area contributed by atoms with E-state index in [1.165, 1.54) is 6.07 Å². The normalized spacial score (nSPS) is 17.7. The number of hydrogen-bond acceptors (Lipinski definition) is 3. The largest absolute Gasteiger partial charge is 0.507 e. The molecule has 0 saturated heterocycles. The van der Waals surface area contributed by atoms with Gasteiger partial charge in [-0.25, -0.2) is 9.82 Å². The van der Waals surface area contributed by atoms with Crippen LogP contribution in [0, 0.1) is 12.7 Å². The second-order valence-corrected chi connectivity index (χ2v) is 4.87. The van der Waals surface area contributed by atoms with Crippen molar-refractivity contribution in [2.45, 2.75) is 13.0 Å². The zero-order chi connectivity index (χ0) is 14.1. The van der Waals surface area contributed by atoms with Crippen molar-refractivity contribution in [3.8, 4) is 5.75 Å². The van der Waals surface area contributed by atoms with Crippen LogP contribution in [0.3, 0.4) is 0 Å². The summed E-state index contributed by atoms with van der Waals surface area (Å²) in [6, 6.07) is 11.8.